The van der Waals surface area contributed by atoms with Gasteiger partial charge in [0.1, 0.15) is 5.82 Å². The van der Waals surface area contributed by atoms with Crippen molar-refractivity contribution < 1.29 is 9.36 Å². The fourth-order valence-corrected chi connectivity index (χ4v) is 4.52. The van der Waals surface area contributed by atoms with Crippen LogP contribution in [0.4, 0.5) is 5.82 Å². The maximum Gasteiger partial charge on any atom is 0.250 e. The highest BCUT2D eigenvalue weighted by Crippen LogP contribution is 2.42. The zero-order valence-electron chi connectivity index (χ0n) is 12.8. The number of hydrogen-bond donors (Lipinski definition) is 2. The Hall–Kier alpha value is -2.91. The lowest BCUT2D eigenvalue weighted by molar-refractivity contribution is 0.1000. The number of amides is 1. The van der Waals surface area contributed by atoms with E-state index in [1.54, 1.807) is 12.1 Å². The maximum atomic E-state index is 13.8. The molecular formula is C18H16N3O2P. The Balaban J connectivity index is 2.03. The van der Waals surface area contributed by atoms with E-state index in [9.17, 15) is 9.36 Å². The maximum absolute atomic E-state index is 13.8. The summed E-state index contributed by atoms with van der Waals surface area (Å²) in [6.07, 6.45) is 1.37. The first-order chi connectivity index (χ1) is 11.6. The summed E-state index contributed by atoms with van der Waals surface area (Å²) in [6.45, 7) is 0. The highest BCUT2D eigenvalue weighted by Gasteiger charge is 2.27. The van der Waals surface area contributed by atoms with Crippen LogP contribution in [0.1, 0.15) is 10.4 Å². The van der Waals surface area contributed by atoms with Crippen molar-refractivity contribution in [2.24, 2.45) is 5.73 Å². The third kappa shape index (κ3) is 3.21. The highest BCUT2D eigenvalue weighted by molar-refractivity contribution is 7.80. The lowest BCUT2D eigenvalue weighted by Gasteiger charge is -2.21. The van der Waals surface area contributed by atoms with Crippen LogP contribution >= 0.6 is 7.29 Å². The first-order valence-corrected chi connectivity index (χ1v) is 9.06. The Bertz CT molecular complexity index is 838. The van der Waals surface area contributed by atoms with E-state index >= 15 is 0 Å². The van der Waals surface area contributed by atoms with Crippen LogP contribution < -0.4 is 21.4 Å². The average Bonchev–Trinajstić information content (AvgIpc) is 2.63. The molecule has 0 aliphatic rings. The second-order valence-electron chi connectivity index (χ2n) is 5.19. The van der Waals surface area contributed by atoms with Crippen LogP contribution in [0.2, 0.25) is 0 Å². The van der Waals surface area contributed by atoms with Crippen LogP contribution in [0.15, 0.2) is 79.0 Å². The third-order valence-electron chi connectivity index (χ3n) is 3.56. The van der Waals surface area contributed by atoms with Gasteiger partial charge >= 0.3 is 0 Å². The van der Waals surface area contributed by atoms with Crippen molar-refractivity contribution in [1.29, 1.82) is 0 Å². The molecular weight excluding hydrogens is 321 g/mol. The first-order valence-electron chi connectivity index (χ1n) is 7.35. The lowest BCUT2D eigenvalue weighted by atomic mass is 10.3. The Kier molecular flexibility index (Phi) is 4.45. The lowest BCUT2D eigenvalue weighted by Crippen LogP contribution is -2.22. The molecule has 0 saturated carbocycles. The minimum atomic E-state index is -3.11. The van der Waals surface area contributed by atoms with Gasteiger partial charge in [0, 0.05) is 16.8 Å². The van der Waals surface area contributed by atoms with Crippen LogP contribution in [-0.4, -0.2) is 10.9 Å². The molecule has 0 unspecified atom stereocenters. The number of nitrogens with two attached hydrogens (primary N) is 1. The summed E-state index contributed by atoms with van der Waals surface area (Å²) < 4.78 is 13.8. The van der Waals surface area contributed by atoms with E-state index in [-0.39, 0.29) is 0 Å². The van der Waals surface area contributed by atoms with Gasteiger partial charge in [-0.2, -0.15) is 0 Å². The number of carbonyl (C=O) groups excluding carboxylic acids is 1. The van der Waals surface area contributed by atoms with E-state index in [1.807, 2.05) is 60.7 Å². The van der Waals surface area contributed by atoms with Gasteiger partial charge in [-0.1, -0.05) is 36.4 Å². The van der Waals surface area contributed by atoms with E-state index in [0.29, 0.717) is 22.0 Å². The van der Waals surface area contributed by atoms with Gasteiger partial charge in [0.05, 0.1) is 5.56 Å². The highest BCUT2D eigenvalue weighted by atomic mass is 31.2. The van der Waals surface area contributed by atoms with Crippen molar-refractivity contribution in [3.8, 4) is 0 Å². The van der Waals surface area contributed by atoms with E-state index in [4.69, 9.17) is 5.73 Å². The molecule has 1 heterocycles. The molecule has 5 nitrogen and oxygen atoms in total. The summed E-state index contributed by atoms with van der Waals surface area (Å²) in [7, 11) is -3.11. The molecule has 2 aromatic carbocycles. The van der Waals surface area contributed by atoms with Gasteiger partial charge in [-0.15, -0.1) is 0 Å². The van der Waals surface area contributed by atoms with E-state index in [1.165, 1.54) is 6.20 Å². The van der Waals surface area contributed by atoms with E-state index in [0.717, 1.165) is 0 Å². The summed E-state index contributed by atoms with van der Waals surface area (Å²) in [5.74, 6) is -0.139. The molecule has 3 aromatic rings. The molecule has 24 heavy (non-hydrogen) atoms. The minimum Gasteiger partial charge on any atom is -0.366 e. The van der Waals surface area contributed by atoms with Crippen molar-refractivity contribution in [2.45, 2.75) is 0 Å². The number of primary amides is 1. The number of rotatable bonds is 5. The molecule has 3 N–H and O–H groups in total. The number of nitrogens with zero attached hydrogens (tertiary/aromatic N) is 1. The molecule has 1 aromatic heterocycles. The normalized spacial score (nSPS) is 11.0. The predicted octanol–water partition coefficient (Wildman–Crippen LogP) is 2.52. The van der Waals surface area contributed by atoms with Gasteiger partial charge in [-0.3, -0.25) is 9.36 Å². The average molecular weight is 337 g/mol. The van der Waals surface area contributed by atoms with Gasteiger partial charge in [0.2, 0.25) is 13.2 Å². The number of hydrogen-bond acceptors (Lipinski definition) is 3. The zero-order valence-corrected chi connectivity index (χ0v) is 13.7. The van der Waals surface area contributed by atoms with Crippen molar-refractivity contribution in [3.05, 3.63) is 84.6 Å². The van der Waals surface area contributed by atoms with Gasteiger partial charge in [0.15, 0.2) is 0 Å². The molecule has 0 fully saturated rings. The number of nitrogens with one attached hydrogen (secondary N) is 1. The molecule has 0 aliphatic heterocycles. The molecule has 1 amide bonds. The number of aromatic nitrogens is 1. The Labute approximate surface area is 140 Å². The second kappa shape index (κ2) is 6.69. The molecule has 0 spiro atoms. The largest absolute Gasteiger partial charge is 0.366 e. The Morgan fingerprint density at radius 3 is 1.83 bits per heavy atom. The molecule has 0 saturated heterocycles. The van der Waals surface area contributed by atoms with E-state index in [2.05, 4.69) is 10.1 Å². The Morgan fingerprint density at radius 1 is 0.875 bits per heavy atom. The van der Waals surface area contributed by atoms with E-state index < -0.39 is 13.2 Å². The van der Waals surface area contributed by atoms with Crippen LogP contribution in [0.25, 0.3) is 0 Å². The first kappa shape index (κ1) is 16.0. The second-order valence-corrected chi connectivity index (χ2v) is 7.66. The number of anilines is 1. The predicted molar refractivity (Wildman–Crippen MR) is 96.1 cm³/mol. The molecule has 6 heteroatoms. The summed E-state index contributed by atoms with van der Waals surface area (Å²) in [5, 5.41) is 4.40. The molecule has 0 atom stereocenters. The third-order valence-corrected chi connectivity index (χ3v) is 6.15. The number of pyridine rings is 1. The van der Waals surface area contributed by atoms with Gasteiger partial charge in [0.25, 0.3) is 0 Å². The number of carbonyl (C=O) groups is 1. The number of benzene rings is 2. The Morgan fingerprint density at radius 2 is 1.42 bits per heavy atom. The zero-order chi connectivity index (χ0) is 17.0. The van der Waals surface area contributed by atoms with Crippen LogP contribution in [-0.2, 0) is 4.57 Å². The smallest absolute Gasteiger partial charge is 0.250 e. The fourth-order valence-electron chi connectivity index (χ4n) is 2.32. The van der Waals surface area contributed by atoms with Crippen LogP contribution in [0.3, 0.4) is 0 Å². The van der Waals surface area contributed by atoms with Gasteiger partial charge in [-0.05, 0) is 36.4 Å². The summed E-state index contributed by atoms with van der Waals surface area (Å²) in [5.41, 5.74) is 5.52. The van der Waals surface area contributed by atoms with Crippen LogP contribution in [0, 0.1) is 0 Å². The van der Waals surface area contributed by atoms with Gasteiger partial charge in [-0.25, -0.2) is 4.98 Å². The fraction of sp³-hybridized carbons (Fsp3) is 0. The quantitative estimate of drug-likeness (QED) is 0.701. The summed E-state index contributed by atoms with van der Waals surface area (Å²) in [6, 6.07) is 21.5. The molecule has 0 radical (unpaired) electrons. The summed E-state index contributed by atoms with van der Waals surface area (Å²) in [4.78, 5) is 15.3. The van der Waals surface area contributed by atoms with Crippen molar-refractivity contribution >= 4 is 29.6 Å². The molecule has 3 rings (SSSR count). The SMILES string of the molecule is NC(=O)c1ccc(NP(=O)(c2ccccc2)c2ccccc2)nc1. The van der Waals surface area contributed by atoms with Gasteiger partial charge < -0.3 is 10.8 Å². The van der Waals surface area contributed by atoms with Crippen molar-refractivity contribution in [3.63, 3.8) is 0 Å². The molecule has 0 bridgehead atoms. The summed E-state index contributed by atoms with van der Waals surface area (Å²) >= 11 is 0. The topological polar surface area (TPSA) is 85.1 Å². The minimum absolute atomic E-state index is 0.301. The molecule has 120 valence electrons. The van der Waals surface area contributed by atoms with Crippen molar-refractivity contribution in [1.82, 2.24) is 4.98 Å². The molecule has 0 aliphatic carbocycles. The standard InChI is InChI=1S/C18H16N3O2P/c19-18(22)14-11-12-17(20-13-14)21-24(23,15-7-3-1-4-8-15)16-9-5-2-6-10-16/h1-13H,(H2,19,22)(H,20,21,23). The monoisotopic (exact) mass is 337 g/mol. The van der Waals surface area contributed by atoms with Crippen molar-refractivity contribution in [2.75, 3.05) is 5.09 Å². The van der Waals surface area contributed by atoms with Crippen LogP contribution in [0.5, 0.6) is 0 Å².